The summed E-state index contributed by atoms with van der Waals surface area (Å²) in [6, 6.07) is 7.02. The first kappa shape index (κ1) is 11.6. The summed E-state index contributed by atoms with van der Waals surface area (Å²) in [5, 5.41) is 3.73. The Balaban J connectivity index is 1.55. The van der Waals surface area contributed by atoms with Crippen molar-refractivity contribution < 1.29 is 9.47 Å². The molecule has 1 saturated heterocycles. The van der Waals surface area contributed by atoms with Crippen molar-refractivity contribution in [3.8, 4) is 5.75 Å². The summed E-state index contributed by atoms with van der Waals surface area (Å²) in [6.45, 7) is 6.38. The second kappa shape index (κ2) is 3.89. The predicted octanol–water partition coefficient (Wildman–Crippen LogP) is 2.85. The van der Waals surface area contributed by atoms with E-state index in [-0.39, 0.29) is 5.41 Å². The molecule has 3 aliphatic rings. The molecule has 1 aromatic rings. The van der Waals surface area contributed by atoms with E-state index < -0.39 is 0 Å². The van der Waals surface area contributed by atoms with Gasteiger partial charge in [0.15, 0.2) is 0 Å². The van der Waals surface area contributed by atoms with Crippen LogP contribution < -0.4 is 10.1 Å². The second-order valence-electron chi connectivity index (χ2n) is 6.61. The minimum atomic E-state index is 0.233. The highest BCUT2D eigenvalue weighted by molar-refractivity contribution is 5.54. The molecule has 3 nitrogen and oxygen atoms in total. The number of anilines is 1. The van der Waals surface area contributed by atoms with E-state index in [1.807, 2.05) is 0 Å². The lowest BCUT2D eigenvalue weighted by Crippen LogP contribution is -2.63. The standard InChI is InChI=1S/C16H21NO2/c1-16(2)14(12-6-8-19-15(12)16)17-11-3-4-13-10(9-11)5-7-18-13/h3-4,9,12,14-15,17H,5-8H2,1-2H3. The van der Waals surface area contributed by atoms with Crippen molar-refractivity contribution in [3.63, 3.8) is 0 Å². The van der Waals surface area contributed by atoms with Gasteiger partial charge in [-0.2, -0.15) is 0 Å². The molecule has 0 bridgehead atoms. The van der Waals surface area contributed by atoms with E-state index in [0.717, 1.165) is 25.4 Å². The summed E-state index contributed by atoms with van der Waals surface area (Å²) in [4.78, 5) is 0. The zero-order valence-corrected chi connectivity index (χ0v) is 11.6. The topological polar surface area (TPSA) is 30.5 Å². The summed E-state index contributed by atoms with van der Waals surface area (Å²) in [5.74, 6) is 1.74. The Bertz CT molecular complexity index is 511. The van der Waals surface area contributed by atoms with Gasteiger partial charge >= 0.3 is 0 Å². The molecule has 0 aromatic heterocycles. The van der Waals surface area contributed by atoms with Crippen molar-refractivity contribution in [2.45, 2.75) is 38.8 Å². The van der Waals surface area contributed by atoms with Gasteiger partial charge in [-0.25, -0.2) is 0 Å². The third kappa shape index (κ3) is 1.61. The normalized spacial score (nSPS) is 34.1. The third-order valence-electron chi connectivity index (χ3n) is 5.11. The molecule has 2 heterocycles. The van der Waals surface area contributed by atoms with Crippen LogP contribution in [0.25, 0.3) is 0 Å². The Kier molecular flexibility index (Phi) is 2.37. The van der Waals surface area contributed by atoms with Crippen LogP contribution in [-0.2, 0) is 11.2 Å². The largest absolute Gasteiger partial charge is 0.493 e. The number of rotatable bonds is 2. The smallest absolute Gasteiger partial charge is 0.122 e. The molecule has 1 aliphatic carbocycles. The molecule has 102 valence electrons. The van der Waals surface area contributed by atoms with Crippen molar-refractivity contribution >= 4 is 5.69 Å². The number of hydrogen-bond acceptors (Lipinski definition) is 3. The third-order valence-corrected chi connectivity index (χ3v) is 5.11. The summed E-state index contributed by atoms with van der Waals surface area (Å²) in [6.07, 6.45) is 2.68. The van der Waals surface area contributed by atoms with E-state index in [9.17, 15) is 0 Å². The van der Waals surface area contributed by atoms with Gasteiger partial charge in [0.1, 0.15) is 5.75 Å². The monoisotopic (exact) mass is 259 g/mol. The lowest BCUT2D eigenvalue weighted by molar-refractivity contribution is -0.0923. The van der Waals surface area contributed by atoms with Crippen LogP contribution in [0.5, 0.6) is 5.75 Å². The number of benzene rings is 1. The van der Waals surface area contributed by atoms with Crippen LogP contribution >= 0.6 is 0 Å². The first-order valence-electron chi connectivity index (χ1n) is 7.30. The van der Waals surface area contributed by atoms with Gasteiger partial charge < -0.3 is 14.8 Å². The van der Waals surface area contributed by atoms with Gasteiger partial charge in [-0.05, 0) is 30.2 Å². The average Bonchev–Trinajstić information content (AvgIpc) is 3.03. The molecule has 0 amide bonds. The van der Waals surface area contributed by atoms with Crippen molar-refractivity contribution in [3.05, 3.63) is 23.8 Å². The molecule has 2 fully saturated rings. The van der Waals surface area contributed by atoms with Crippen molar-refractivity contribution in [1.82, 2.24) is 0 Å². The zero-order chi connectivity index (χ0) is 13.0. The van der Waals surface area contributed by atoms with Gasteiger partial charge in [0.2, 0.25) is 0 Å². The second-order valence-corrected chi connectivity index (χ2v) is 6.61. The van der Waals surface area contributed by atoms with Crippen molar-refractivity contribution in [2.75, 3.05) is 18.5 Å². The van der Waals surface area contributed by atoms with Crippen LogP contribution in [0.3, 0.4) is 0 Å². The highest BCUT2D eigenvalue weighted by Gasteiger charge is 2.59. The van der Waals surface area contributed by atoms with E-state index in [1.54, 1.807) is 0 Å². The van der Waals surface area contributed by atoms with Crippen LogP contribution in [-0.4, -0.2) is 25.4 Å². The SMILES string of the molecule is CC1(C)C(Nc2ccc3c(c2)CCO3)C2CCOC21. The molecule has 2 aliphatic heterocycles. The number of ether oxygens (including phenoxy) is 2. The first-order valence-corrected chi connectivity index (χ1v) is 7.30. The Morgan fingerprint density at radius 2 is 2.16 bits per heavy atom. The Hall–Kier alpha value is -1.22. The molecule has 19 heavy (non-hydrogen) atoms. The highest BCUT2D eigenvalue weighted by atomic mass is 16.5. The summed E-state index contributed by atoms with van der Waals surface area (Å²) in [7, 11) is 0. The van der Waals surface area contributed by atoms with Gasteiger partial charge in [-0.3, -0.25) is 0 Å². The fraction of sp³-hybridized carbons (Fsp3) is 0.625. The first-order chi connectivity index (χ1) is 9.16. The summed E-state index contributed by atoms with van der Waals surface area (Å²) >= 11 is 0. The number of nitrogens with one attached hydrogen (secondary N) is 1. The van der Waals surface area contributed by atoms with Crippen LogP contribution in [0, 0.1) is 11.3 Å². The highest BCUT2D eigenvalue weighted by Crippen LogP contribution is 2.53. The number of fused-ring (bicyclic) bond motifs is 2. The van der Waals surface area contributed by atoms with E-state index in [1.165, 1.54) is 17.7 Å². The molecule has 1 N–H and O–H groups in total. The molecule has 1 aromatic carbocycles. The van der Waals surface area contributed by atoms with E-state index in [2.05, 4.69) is 37.4 Å². The number of hydrogen-bond donors (Lipinski definition) is 1. The van der Waals surface area contributed by atoms with E-state index >= 15 is 0 Å². The van der Waals surface area contributed by atoms with Gasteiger partial charge in [-0.1, -0.05) is 13.8 Å². The van der Waals surface area contributed by atoms with Crippen molar-refractivity contribution in [2.24, 2.45) is 11.3 Å². The Labute approximate surface area is 114 Å². The summed E-state index contributed by atoms with van der Waals surface area (Å²) in [5.41, 5.74) is 2.80. The molecular weight excluding hydrogens is 238 g/mol. The Morgan fingerprint density at radius 3 is 3.05 bits per heavy atom. The lowest BCUT2D eigenvalue weighted by Gasteiger charge is -2.55. The zero-order valence-electron chi connectivity index (χ0n) is 11.6. The molecule has 0 radical (unpaired) electrons. The van der Waals surface area contributed by atoms with Gasteiger partial charge in [-0.15, -0.1) is 0 Å². The van der Waals surface area contributed by atoms with Gasteiger partial charge in [0.05, 0.1) is 12.7 Å². The molecular formula is C16H21NO2. The predicted molar refractivity (Wildman–Crippen MR) is 74.7 cm³/mol. The quantitative estimate of drug-likeness (QED) is 0.886. The van der Waals surface area contributed by atoms with Crippen LogP contribution in [0.2, 0.25) is 0 Å². The Morgan fingerprint density at radius 1 is 1.26 bits per heavy atom. The van der Waals surface area contributed by atoms with Crippen LogP contribution in [0.4, 0.5) is 5.69 Å². The van der Waals surface area contributed by atoms with Crippen LogP contribution in [0.1, 0.15) is 25.8 Å². The molecule has 1 saturated carbocycles. The van der Waals surface area contributed by atoms with E-state index in [4.69, 9.17) is 9.47 Å². The van der Waals surface area contributed by atoms with Gasteiger partial charge in [0.25, 0.3) is 0 Å². The lowest BCUT2D eigenvalue weighted by atomic mass is 9.57. The average molecular weight is 259 g/mol. The fourth-order valence-corrected chi connectivity index (χ4v) is 4.07. The maximum absolute atomic E-state index is 5.85. The van der Waals surface area contributed by atoms with Crippen LogP contribution in [0.15, 0.2) is 18.2 Å². The molecule has 3 heteroatoms. The van der Waals surface area contributed by atoms with Crippen molar-refractivity contribution in [1.29, 1.82) is 0 Å². The minimum Gasteiger partial charge on any atom is -0.493 e. The maximum Gasteiger partial charge on any atom is 0.122 e. The van der Waals surface area contributed by atoms with E-state index in [0.29, 0.717) is 18.1 Å². The molecule has 4 rings (SSSR count). The molecule has 0 spiro atoms. The van der Waals surface area contributed by atoms with Gasteiger partial charge in [0, 0.05) is 36.1 Å². The fourth-order valence-electron chi connectivity index (χ4n) is 4.07. The maximum atomic E-state index is 5.85. The molecule has 3 atom stereocenters. The minimum absolute atomic E-state index is 0.233. The molecule has 3 unspecified atom stereocenters. The summed E-state index contributed by atoms with van der Waals surface area (Å²) < 4.78 is 11.4.